The number of alkyl halides is 1. The topological polar surface area (TPSA) is 105 Å². The van der Waals surface area contributed by atoms with Crippen molar-refractivity contribution in [2.24, 2.45) is 0 Å². The Morgan fingerprint density at radius 2 is 1.97 bits per heavy atom. The second-order valence-corrected chi connectivity index (χ2v) is 8.12. The molecule has 1 aromatic carbocycles. The summed E-state index contributed by atoms with van der Waals surface area (Å²) in [4.78, 5) is 36.3. The molecule has 1 aliphatic heterocycles. The average Bonchev–Trinajstić information content (AvgIpc) is 3.28. The van der Waals surface area contributed by atoms with Crippen LogP contribution in [0.3, 0.4) is 0 Å². The molecule has 1 fully saturated rings. The van der Waals surface area contributed by atoms with Crippen molar-refractivity contribution in [1.29, 1.82) is 0 Å². The van der Waals surface area contributed by atoms with E-state index in [2.05, 4.69) is 46.8 Å². The fraction of sp³-hybridized carbons (Fsp3) is 0.316. The van der Waals surface area contributed by atoms with Crippen LogP contribution in [0.25, 0.3) is 11.2 Å². The largest absolute Gasteiger partial charge is 0.459 e. The summed E-state index contributed by atoms with van der Waals surface area (Å²) in [6.07, 6.45) is -3.91. The maximum absolute atomic E-state index is 15.3. The number of rotatable bonds is 5. The first-order valence-corrected chi connectivity index (χ1v) is 10.7. The highest BCUT2D eigenvalue weighted by Crippen LogP contribution is 2.36. The van der Waals surface area contributed by atoms with Gasteiger partial charge in [0.2, 0.25) is 0 Å². The molecule has 4 rings (SSSR count). The molecule has 1 saturated heterocycles. The van der Waals surface area contributed by atoms with E-state index >= 15 is 4.39 Å². The van der Waals surface area contributed by atoms with Crippen LogP contribution in [-0.2, 0) is 19.0 Å². The van der Waals surface area contributed by atoms with Crippen LogP contribution in [0.15, 0.2) is 46.0 Å². The first-order valence-electron chi connectivity index (χ1n) is 9.09. The molecular formula is C19H15Br2FN4O5. The molecule has 162 valence electrons. The van der Waals surface area contributed by atoms with E-state index in [4.69, 9.17) is 14.2 Å². The number of benzene rings is 1. The fourth-order valence-electron chi connectivity index (χ4n) is 3.24. The number of ether oxygens (including phenoxy) is 3. The summed E-state index contributed by atoms with van der Waals surface area (Å²) >= 11 is 6.48. The fourth-order valence-corrected chi connectivity index (χ4v) is 4.27. The molecule has 0 unspecified atom stereocenters. The highest BCUT2D eigenvalue weighted by molar-refractivity contribution is 9.11. The average molecular weight is 558 g/mol. The predicted molar refractivity (Wildman–Crippen MR) is 112 cm³/mol. The van der Waals surface area contributed by atoms with Crippen LogP contribution in [0.4, 0.5) is 4.39 Å². The third-order valence-corrected chi connectivity index (χ3v) is 5.49. The highest BCUT2D eigenvalue weighted by Gasteiger charge is 2.49. The van der Waals surface area contributed by atoms with Gasteiger partial charge in [0, 0.05) is 6.92 Å². The van der Waals surface area contributed by atoms with E-state index in [9.17, 15) is 9.59 Å². The molecule has 3 aromatic rings. The second-order valence-electron chi connectivity index (χ2n) is 6.66. The number of imidazole rings is 1. The number of hydrogen-bond donors (Lipinski definition) is 0. The van der Waals surface area contributed by atoms with Crippen molar-refractivity contribution in [2.75, 3.05) is 6.61 Å². The van der Waals surface area contributed by atoms with E-state index in [1.807, 2.05) is 0 Å². The number of fused-ring (bicyclic) bond motifs is 1. The van der Waals surface area contributed by atoms with Crippen LogP contribution in [0.2, 0.25) is 0 Å². The lowest BCUT2D eigenvalue weighted by Crippen LogP contribution is -2.36. The summed E-state index contributed by atoms with van der Waals surface area (Å²) in [5, 5.41) is 0. The van der Waals surface area contributed by atoms with E-state index in [1.165, 1.54) is 17.8 Å². The molecule has 1 aliphatic rings. The second kappa shape index (κ2) is 8.97. The van der Waals surface area contributed by atoms with Gasteiger partial charge in [-0.05, 0) is 44.0 Å². The van der Waals surface area contributed by atoms with Crippen molar-refractivity contribution >= 4 is 55.0 Å². The number of aromatic nitrogens is 4. The molecule has 0 saturated carbocycles. The monoisotopic (exact) mass is 556 g/mol. The van der Waals surface area contributed by atoms with E-state index in [-0.39, 0.29) is 11.3 Å². The van der Waals surface area contributed by atoms with Crippen molar-refractivity contribution < 1.29 is 28.2 Å². The first-order chi connectivity index (χ1) is 14.8. The Kier molecular flexibility index (Phi) is 6.30. The number of hydrogen-bond acceptors (Lipinski definition) is 8. The third kappa shape index (κ3) is 4.46. The van der Waals surface area contributed by atoms with Crippen molar-refractivity contribution in [3.8, 4) is 0 Å². The molecule has 4 atom stereocenters. The molecule has 0 amide bonds. The van der Waals surface area contributed by atoms with Crippen LogP contribution in [0.5, 0.6) is 0 Å². The van der Waals surface area contributed by atoms with Gasteiger partial charge in [0.15, 0.2) is 28.9 Å². The standard InChI is InChI=1S/C19H15Br2FN4O5/c1-9(27)30-14-11(7-29-18(28)10-5-3-2-4-6-10)31-17(12(14)22)26-8-23-13-15(20)24-19(21)25-16(13)26/h2-6,8,11-12,14,17H,7H2,1H3/t11-,12+,14-,17+/m1/s1. The smallest absolute Gasteiger partial charge is 0.338 e. The lowest BCUT2D eigenvalue weighted by atomic mass is 10.1. The van der Waals surface area contributed by atoms with E-state index < -0.39 is 36.5 Å². The zero-order chi connectivity index (χ0) is 22.1. The minimum absolute atomic E-state index is 0.270. The zero-order valence-electron chi connectivity index (χ0n) is 15.9. The van der Waals surface area contributed by atoms with Gasteiger partial charge in [-0.1, -0.05) is 18.2 Å². The summed E-state index contributed by atoms with van der Waals surface area (Å²) in [5.41, 5.74) is 1.05. The van der Waals surface area contributed by atoms with Crippen molar-refractivity contribution in [3.63, 3.8) is 0 Å². The SMILES string of the molecule is CC(=O)O[C@H]1[C@H](F)[C@@H](n2cnc3c(Br)nc(Br)nc32)O[C@@H]1COC(=O)c1ccccc1. The highest BCUT2D eigenvalue weighted by atomic mass is 79.9. The van der Waals surface area contributed by atoms with Crippen LogP contribution < -0.4 is 0 Å². The normalized spacial score (nSPS) is 23.1. The zero-order valence-corrected chi connectivity index (χ0v) is 19.1. The van der Waals surface area contributed by atoms with Gasteiger partial charge in [-0.25, -0.2) is 24.1 Å². The molecule has 0 N–H and O–H groups in total. The summed E-state index contributed by atoms with van der Waals surface area (Å²) in [7, 11) is 0. The minimum atomic E-state index is -1.76. The van der Waals surface area contributed by atoms with Crippen LogP contribution >= 0.6 is 31.9 Å². The summed E-state index contributed by atoms with van der Waals surface area (Å²) in [6, 6.07) is 8.34. The maximum Gasteiger partial charge on any atom is 0.338 e. The number of esters is 2. The molecule has 31 heavy (non-hydrogen) atoms. The molecule has 0 bridgehead atoms. The summed E-state index contributed by atoms with van der Waals surface area (Å²) in [6.45, 7) is 0.860. The van der Waals surface area contributed by atoms with Gasteiger partial charge in [0.1, 0.15) is 22.8 Å². The van der Waals surface area contributed by atoms with Gasteiger partial charge >= 0.3 is 11.9 Å². The Morgan fingerprint density at radius 3 is 2.68 bits per heavy atom. The molecule has 9 nitrogen and oxygen atoms in total. The lowest BCUT2D eigenvalue weighted by Gasteiger charge is -2.18. The van der Waals surface area contributed by atoms with Crippen LogP contribution in [-0.4, -0.2) is 56.4 Å². The number of carbonyl (C=O) groups excluding carboxylic acids is 2. The minimum Gasteiger partial charge on any atom is -0.459 e. The van der Waals surface area contributed by atoms with Crippen molar-refractivity contribution in [1.82, 2.24) is 19.5 Å². The van der Waals surface area contributed by atoms with Gasteiger partial charge in [0.25, 0.3) is 0 Å². The van der Waals surface area contributed by atoms with Gasteiger partial charge in [-0.15, -0.1) is 0 Å². The lowest BCUT2D eigenvalue weighted by molar-refractivity contribution is -0.152. The Bertz CT molecular complexity index is 1130. The molecule has 0 spiro atoms. The Hall–Kier alpha value is -2.44. The number of halogens is 3. The number of carbonyl (C=O) groups is 2. The van der Waals surface area contributed by atoms with Gasteiger partial charge in [-0.2, -0.15) is 0 Å². The molecule has 0 radical (unpaired) electrons. The van der Waals surface area contributed by atoms with Crippen molar-refractivity contribution in [3.05, 3.63) is 51.6 Å². The van der Waals surface area contributed by atoms with Gasteiger partial charge in [-0.3, -0.25) is 9.36 Å². The van der Waals surface area contributed by atoms with Gasteiger partial charge < -0.3 is 14.2 Å². The molecule has 3 heterocycles. The van der Waals surface area contributed by atoms with Crippen LogP contribution in [0, 0.1) is 0 Å². The summed E-state index contributed by atoms with van der Waals surface area (Å²) in [5.74, 6) is -1.28. The first kappa shape index (κ1) is 21.8. The van der Waals surface area contributed by atoms with E-state index in [0.29, 0.717) is 21.3 Å². The Labute approximate surface area is 192 Å². The van der Waals surface area contributed by atoms with E-state index in [0.717, 1.165) is 0 Å². The van der Waals surface area contributed by atoms with Gasteiger partial charge in [0.05, 0.1) is 11.9 Å². The molecule has 0 aliphatic carbocycles. The van der Waals surface area contributed by atoms with E-state index in [1.54, 1.807) is 30.3 Å². The van der Waals surface area contributed by atoms with Crippen LogP contribution in [0.1, 0.15) is 23.5 Å². The third-order valence-electron chi connectivity index (χ3n) is 4.58. The van der Waals surface area contributed by atoms with Crippen molar-refractivity contribution in [2.45, 2.75) is 31.5 Å². The summed E-state index contributed by atoms with van der Waals surface area (Å²) < 4.78 is 33.6. The maximum atomic E-state index is 15.3. The molecule has 2 aromatic heterocycles. The Balaban J connectivity index is 1.58. The quantitative estimate of drug-likeness (QED) is 0.267. The predicted octanol–water partition coefficient (Wildman–Crippen LogP) is 3.38. The number of nitrogens with zero attached hydrogens (tertiary/aromatic N) is 4. The molecule has 12 heteroatoms. The molecular weight excluding hydrogens is 543 g/mol. The Morgan fingerprint density at radius 1 is 1.23 bits per heavy atom.